The van der Waals surface area contributed by atoms with Crippen molar-refractivity contribution in [2.24, 2.45) is 0 Å². The number of pyridine rings is 1. The molecular formula is C12H8ClFN2O2. The summed E-state index contributed by atoms with van der Waals surface area (Å²) in [5.41, 5.74) is 1.67. The highest BCUT2D eigenvalue weighted by atomic mass is 35.5. The number of hydrogen-bond acceptors (Lipinski definition) is 2. The number of nitrogens with one attached hydrogen (secondary N) is 1. The van der Waals surface area contributed by atoms with E-state index in [4.69, 9.17) is 11.6 Å². The quantitative estimate of drug-likeness (QED) is 0.904. The second-order valence-corrected chi connectivity index (χ2v) is 3.91. The molecule has 0 unspecified atom stereocenters. The number of benzene rings is 1. The van der Waals surface area contributed by atoms with Crippen LogP contribution < -0.4 is 11.0 Å². The van der Waals surface area contributed by atoms with E-state index in [0.29, 0.717) is 0 Å². The lowest BCUT2D eigenvalue weighted by Gasteiger charge is -2.08. The molecule has 4 nitrogen and oxygen atoms in total. The fraction of sp³-hybridized carbons (Fsp3) is 0. The number of rotatable bonds is 2. The van der Waals surface area contributed by atoms with Crippen molar-refractivity contribution in [3.05, 3.63) is 69.4 Å². The minimum absolute atomic E-state index is 0.185. The van der Waals surface area contributed by atoms with E-state index in [0.717, 1.165) is 10.7 Å². The van der Waals surface area contributed by atoms with Crippen molar-refractivity contribution in [1.29, 1.82) is 0 Å². The van der Waals surface area contributed by atoms with Crippen molar-refractivity contribution in [2.45, 2.75) is 0 Å². The first-order chi connectivity index (χ1) is 8.58. The Morgan fingerprint density at radius 2 is 2.06 bits per heavy atom. The maximum absolute atomic E-state index is 13.5. The second kappa shape index (κ2) is 5.01. The average Bonchev–Trinajstić information content (AvgIpc) is 2.32. The van der Waals surface area contributed by atoms with E-state index in [-0.39, 0.29) is 10.6 Å². The molecule has 6 heteroatoms. The van der Waals surface area contributed by atoms with Crippen LogP contribution in [0.25, 0.3) is 0 Å². The van der Waals surface area contributed by atoms with Gasteiger partial charge in [0.05, 0.1) is 5.56 Å². The first-order valence-electron chi connectivity index (χ1n) is 5.02. The topological polar surface area (TPSA) is 51.1 Å². The van der Waals surface area contributed by atoms with E-state index in [1.54, 1.807) is 6.07 Å². The van der Waals surface area contributed by atoms with Gasteiger partial charge < -0.3 is 0 Å². The summed E-state index contributed by atoms with van der Waals surface area (Å²) in [5, 5.41) is 0.195. The Hall–Kier alpha value is -2.14. The highest BCUT2D eigenvalue weighted by molar-refractivity contribution is 6.30. The molecule has 0 saturated carbocycles. The molecule has 1 N–H and O–H groups in total. The van der Waals surface area contributed by atoms with Gasteiger partial charge in [0, 0.05) is 17.3 Å². The fourth-order valence-electron chi connectivity index (χ4n) is 1.36. The Balaban J connectivity index is 2.28. The van der Waals surface area contributed by atoms with Crippen molar-refractivity contribution >= 4 is 17.5 Å². The highest BCUT2D eigenvalue weighted by Gasteiger charge is 2.12. The number of carbonyl (C=O) groups excluding carboxylic acids is 1. The molecule has 0 aliphatic carbocycles. The number of halogens is 2. The lowest BCUT2D eigenvalue weighted by atomic mass is 10.2. The summed E-state index contributed by atoms with van der Waals surface area (Å²) in [6.07, 6.45) is 1.37. The molecule has 0 aliphatic rings. The Morgan fingerprint density at radius 3 is 2.72 bits per heavy atom. The van der Waals surface area contributed by atoms with Crippen molar-refractivity contribution in [3.8, 4) is 0 Å². The van der Waals surface area contributed by atoms with Crippen LogP contribution in [0.5, 0.6) is 0 Å². The molecule has 0 spiro atoms. The molecule has 0 bridgehead atoms. The van der Waals surface area contributed by atoms with Gasteiger partial charge in [0.2, 0.25) is 0 Å². The zero-order chi connectivity index (χ0) is 13.1. The van der Waals surface area contributed by atoms with Crippen LogP contribution in [0.15, 0.2) is 47.4 Å². The largest absolute Gasteiger partial charge is 0.273 e. The smallest absolute Gasteiger partial charge is 0.268 e. The van der Waals surface area contributed by atoms with Crippen molar-refractivity contribution in [2.75, 3.05) is 5.43 Å². The summed E-state index contributed by atoms with van der Waals surface area (Å²) in [7, 11) is 0. The Labute approximate surface area is 107 Å². The molecule has 0 fully saturated rings. The van der Waals surface area contributed by atoms with Gasteiger partial charge in [0.25, 0.3) is 11.5 Å². The molecule has 0 saturated heterocycles. The van der Waals surface area contributed by atoms with Crippen LogP contribution in [0.2, 0.25) is 5.02 Å². The van der Waals surface area contributed by atoms with Crippen LogP contribution >= 0.6 is 11.6 Å². The van der Waals surface area contributed by atoms with Crippen LogP contribution in [0, 0.1) is 5.82 Å². The summed E-state index contributed by atoms with van der Waals surface area (Å²) in [4.78, 5) is 23.1. The van der Waals surface area contributed by atoms with E-state index in [9.17, 15) is 14.0 Å². The minimum Gasteiger partial charge on any atom is -0.268 e. The summed E-state index contributed by atoms with van der Waals surface area (Å²) >= 11 is 5.58. The van der Waals surface area contributed by atoms with Crippen LogP contribution in [0.4, 0.5) is 4.39 Å². The first-order valence-corrected chi connectivity index (χ1v) is 5.40. The predicted octanol–water partition coefficient (Wildman–Crippen LogP) is 2.02. The number of aromatic nitrogens is 1. The Bertz CT molecular complexity index is 655. The predicted molar refractivity (Wildman–Crippen MR) is 65.8 cm³/mol. The molecule has 0 aliphatic heterocycles. The molecule has 18 heavy (non-hydrogen) atoms. The van der Waals surface area contributed by atoms with E-state index < -0.39 is 17.3 Å². The van der Waals surface area contributed by atoms with Gasteiger partial charge in [-0.15, -0.1) is 0 Å². The molecular weight excluding hydrogens is 259 g/mol. The standard InChI is InChI=1S/C12H8ClFN2O2/c13-8-4-5-9(10(14)7-8)12(18)15-16-6-2-1-3-11(16)17/h1-7H,(H,15,18). The van der Waals surface area contributed by atoms with Gasteiger partial charge in [0.1, 0.15) is 5.82 Å². The maximum Gasteiger partial charge on any atom is 0.273 e. The van der Waals surface area contributed by atoms with Crippen molar-refractivity contribution in [3.63, 3.8) is 0 Å². The molecule has 0 radical (unpaired) electrons. The molecule has 1 heterocycles. The van der Waals surface area contributed by atoms with Crippen LogP contribution in [-0.2, 0) is 0 Å². The molecule has 1 aromatic carbocycles. The van der Waals surface area contributed by atoms with E-state index in [1.807, 2.05) is 0 Å². The van der Waals surface area contributed by atoms with Gasteiger partial charge in [-0.2, -0.15) is 0 Å². The number of nitrogens with zero attached hydrogens (tertiary/aromatic N) is 1. The Kier molecular flexibility index (Phi) is 3.43. The zero-order valence-electron chi connectivity index (χ0n) is 9.06. The van der Waals surface area contributed by atoms with Crippen molar-refractivity contribution < 1.29 is 9.18 Å². The number of carbonyl (C=O) groups is 1. The van der Waals surface area contributed by atoms with Gasteiger partial charge >= 0.3 is 0 Å². The van der Waals surface area contributed by atoms with Gasteiger partial charge in [-0.1, -0.05) is 17.7 Å². The zero-order valence-corrected chi connectivity index (χ0v) is 9.82. The second-order valence-electron chi connectivity index (χ2n) is 3.47. The first kappa shape index (κ1) is 12.3. The number of hydrogen-bond donors (Lipinski definition) is 1. The SMILES string of the molecule is O=C(Nn1ccccc1=O)c1ccc(Cl)cc1F. The summed E-state index contributed by atoms with van der Waals surface area (Å²) in [6.45, 7) is 0. The lowest BCUT2D eigenvalue weighted by molar-refractivity contribution is 0.100. The Morgan fingerprint density at radius 1 is 1.28 bits per heavy atom. The summed E-state index contributed by atoms with van der Waals surface area (Å²) in [6, 6.07) is 8.06. The molecule has 92 valence electrons. The van der Waals surface area contributed by atoms with Crippen LogP contribution in [0.3, 0.4) is 0 Å². The summed E-state index contributed by atoms with van der Waals surface area (Å²) < 4.78 is 14.4. The van der Waals surface area contributed by atoms with Crippen LogP contribution in [0.1, 0.15) is 10.4 Å². The fourth-order valence-corrected chi connectivity index (χ4v) is 1.52. The third-order valence-electron chi connectivity index (χ3n) is 2.22. The molecule has 0 atom stereocenters. The third-order valence-corrected chi connectivity index (χ3v) is 2.46. The van der Waals surface area contributed by atoms with E-state index in [2.05, 4.69) is 5.43 Å². The highest BCUT2D eigenvalue weighted by Crippen LogP contribution is 2.14. The van der Waals surface area contributed by atoms with E-state index in [1.165, 1.54) is 30.5 Å². The molecule has 2 aromatic rings. The van der Waals surface area contributed by atoms with Gasteiger partial charge in [0.15, 0.2) is 0 Å². The minimum atomic E-state index is -0.746. The normalized spacial score (nSPS) is 10.1. The maximum atomic E-state index is 13.5. The van der Waals surface area contributed by atoms with Crippen molar-refractivity contribution in [1.82, 2.24) is 4.68 Å². The molecule has 1 aromatic heterocycles. The van der Waals surface area contributed by atoms with Crippen LogP contribution in [-0.4, -0.2) is 10.6 Å². The lowest BCUT2D eigenvalue weighted by Crippen LogP contribution is -2.32. The third kappa shape index (κ3) is 2.57. The molecule has 2 rings (SSSR count). The number of amides is 1. The van der Waals surface area contributed by atoms with Gasteiger partial charge in [-0.3, -0.25) is 15.0 Å². The summed E-state index contributed by atoms with van der Waals surface area (Å²) in [5.74, 6) is -1.47. The average molecular weight is 267 g/mol. The van der Waals surface area contributed by atoms with Gasteiger partial charge in [-0.25, -0.2) is 9.07 Å². The van der Waals surface area contributed by atoms with Gasteiger partial charge in [-0.05, 0) is 24.3 Å². The monoisotopic (exact) mass is 266 g/mol. The molecule has 1 amide bonds. The van der Waals surface area contributed by atoms with E-state index >= 15 is 0 Å².